The lowest BCUT2D eigenvalue weighted by Crippen LogP contribution is -2.30. The number of hydrogen-bond acceptors (Lipinski definition) is 15. The van der Waals surface area contributed by atoms with Crippen molar-refractivity contribution in [1.82, 2.24) is 0 Å². The smallest absolute Gasteiger partial charge is 0.462 e. The first-order chi connectivity index (χ1) is 43.2. The number of aliphatic hydroxyl groups excluding tert-OH is 1. The number of hydrogen-bond donors (Lipinski definition) is 3. The molecule has 17 nitrogen and oxygen atoms in total. The number of carbonyl (C=O) groups excluding carboxylic acids is 4. The van der Waals surface area contributed by atoms with Gasteiger partial charge < -0.3 is 33.8 Å². The summed E-state index contributed by atoms with van der Waals surface area (Å²) in [6, 6.07) is 0. The fraction of sp³-hybridized carbons (Fsp3) is 0.944. The van der Waals surface area contributed by atoms with Crippen LogP contribution in [-0.4, -0.2) is 96.7 Å². The topological polar surface area (TPSA) is 237 Å². The van der Waals surface area contributed by atoms with E-state index >= 15 is 0 Å². The predicted octanol–water partition coefficient (Wildman–Crippen LogP) is 20.1. The van der Waals surface area contributed by atoms with Crippen LogP contribution in [0.1, 0.15) is 351 Å². The number of aliphatic hydroxyl groups is 1. The molecule has 7 atom stereocenters. The van der Waals surface area contributed by atoms with Gasteiger partial charge in [-0.2, -0.15) is 0 Å². The van der Waals surface area contributed by atoms with Crippen LogP contribution in [0, 0.1) is 23.7 Å². The highest BCUT2D eigenvalue weighted by atomic mass is 31.2. The summed E-state index contributed by atoms with van der Waals surface area (Å²) in [4.78, 5) is 72.5. The van der Waals surface area contributed by atoms with Gasteiger partial charge in [-0.1, -0.05) is 299 Å². The molecule has 0 bridgehead atoms. The fourth-order valence-corrected chi connectivity index (χ4v) is 12.2. The molecule has 0 heterocycles. The summed E-state index contributed by atoms with van der Waals surface area (Å²) in [5, 5.41) is 10.6. The Kier molecular flexibility index (Phi) is 59.4. The third kappa shape index (κ3) is 62.2. The highest BCUT2D eigenvalue weighted by molar-refractivity contribution is 7.47. The van der Waals surface area contributed by atoms with E-state index in [0.717, 1.165) is 120 Å². The van der Waals surface area contributed by atoms with Crippen LogP contribution in [0.3, 0.4) is 0 Å². The minimum atomic E-state index is -4.95. The summed E-state index contributed by atoms with van der Waals surface area (Å²) in [5.41, 5.74) is 0. The highest BCUT2D eigenvalue weighted by Gasteiger charge is 2.30. The standard InChI is InChI=1S/C71H138O17P2/c1-9-63(7)49-41-33-25-17-15-13-11-12-14-16-18-27-37-45-53-70(75)87-67(58-82-69(74)52-44-36-30-29-34-42-50-64(8)10-2)60-86-90(79,80)84-56-65(72)55-83-89(77,78)85-59-66(88-71(76)54-46-38-28-22-20-24-32-40-48-62(5)6)57-81-68(73)51-43-35-26-21-19-23-31-39-47-61(3)4/h61-67,72H,9-60H2,1-8H3,(H,77,78)(H,79,80)/t63?,64?,65?,66-,67-/m1/s1. The zero-order valence-electron chi connectivity index (χ0n) is 58.8. The minimum absolute atomic E-state index is 0.103. The second kappa shape index (κ2) is 60.7. The molecule has 0 aliphatic heterocycles. The Hall–Kier alpha value is -1.94. The maximum absolute atomic E-state index is 13.0. The molecular weight excluding hydrogens is 1190 g/mol. The van der Waals surface area contributed by atoms with Crippen molar-refractivity contribution in [2.75, 3.05) is 39.6 Å². The molecule has 0 fully saturated rings. The Balaban J connectivity index is 5.23. The number of esters is 4. The van der Waals surface area contributed by atoms with Crippen LogP contribution in [0.15, 0.2) is 0 Å². The Morgan fingerprint density at radius 1 is 0.311 bits per heavy atom. The van der Waals surface area contributed by atoms with E-state index in [1.54, 1.807) is 0 Å². The lowest BCUT2D eigenvalue weighted by Gasteiger charge is -2.21. The van der Waals surface area contributed by atoms with E-state index in [0.29, 0.717) is 25.7 Å². The number of phosphoric acid groups is 2. The Labute approximate surface area is 549 Å². The molecular formula is C71H138O17P2. The second-order valence-electron chi connectivity index (χ2n) is 27.1. The molecule has 0 aromatic carbocycles. The van der Waals surface area contributed by atoms with Gasteiger partial charge in [-0.05, 0) is 49.4 Å². The average molecular weight is 1330 g/mol. The van der Waals surface area contributed by atoms with Crippen LogP contribution in [0.5, 0.6) is 0 Å². The SMILES string of the molecule is CCC(C)CCCCCCCCCCCCCCCCC(=O)O[C@H](COC(=O)CCCCCCCCC(C)CC)COP(=O)(O)OCC(O)COP(=O)(O)OC[C@@H](COC(=O)CCCCCCCCCCC(C)C)OC(=O)CCCCCCCCCCC(C)C. The number of unbranched alkanes of at least 4 members (excludes halogenated alkanes) is 32. The molecule has 534 valence electrons. The maximum atomic E-state index is 13.0. The lowest BCUT2D eigenvalue weighted by atomic mass is 9.99. The first-order valence-corrected chi connectivity index (χ1v) is 39.8. The zero-order valence-corrected chi connectivity index (χ0v) is 60.6. The molecule has 0 aromatic heterocycles. The van der Waals surface area contributed by atoms with Gasteiger partial charge in [0, 0.05) is 25.7 Å². The number of rotatable bonds is 68. The van der Waals surface area contributed by atoms with Gasteiger partial charge in [0.2, 0.25) is 0 Å². The molecule has 0 radical (unpaired) electrons. The molecule has 3 N–H and O–H groups in total. The Morgan fingerprint density at radius 2 is 0.533 bits per heavy atom. The summed E-state index contributed by atoms with van der Waals surface area (Å²) in [7, 11) is -9.90. The van der Waals surface area contributed by atoms with Crippen molar-refractivity contribution in [2.45, 2.75) is 369 Å². The first kappa shape index (κ1) is 88.1. The molecule has 0 saturated heterocycles. The van der Waals surface area contributed by atoms with Crippen LogP contribution in [-0.2, 0) is 65.4 Å². The minimum Gasteiger partial charge on any atom is -0.462 e. The summed E-state index contributed by atoms with van der Waals surface area (Å²) in [6.07, 6.45) is 43.1. The molecule has 5 unspecified atom stereocenters. The van der Waals surface area contributed by atoms with Crippen molar-refractivity contribution in [3.05, 3.63) is 0 Å². The van der Waals surface area contributed by atoms with E-state index in [2.05, 4.69) is 55.4 Å². The van der Waals surface area contributed by atoms with E-state index in [1.807, 2.05) is 0 Å². The zero-order chi connectivity index (χ0) is 66.8. The van der Waals surface area contributed by atoms with Crippen LogP contribution in [0.4, 0.5) is 0 Å². The first-order valence-electron chi connectivity index (χ1n) is 36.8. The van der Waals surface area contributed by atoms with Gasteiger partial charge >= 0.3 is 39.5 Å². The van der Waals surface area contributed by atoms with Crippen molar-refractivity contribution < 1.29 is 80.2 Å². The number of carbonyl (C=O) groups is 4. The van der Waals surface area contributed by atoms with E-state index in [9.17, 15) is 43.2 Å². The summed E-state index contributed by atoms with van der Waals surface area (Å²) >= 11 is 0. The van der Waals surface area contributed by atoms with Gasteiger partial charge in [-0.25, -0.2) is 9.13 Å². The second-order valence-corrected chi connectivity index (χ2v) is 30.0. The van der Waals surface area contributed by atoms with Gasteiger partial charge in [0.25, 0.3) is 0 Å². The van der Waals surface area contributed by atoms with Crippen LogP contribution in [0.2, 0.25) is 0 Å². The number of ether oxygens (including phenoxy) is 4. The lowest BCUT2D eigenvalue weighted by molar-refractivity contribution is -0.161. The van der Waals surface area contributed by atoms with E-state index in [-0.39, 0.29) is 25.7 Å². The molecule has 0 aliphatic carbocycles. The number of phosphoric ester groups is 2. The van der Waals surface area contributed by atoms with Crippen molar-refractivity contribution in [2.24, 2.45) is 23.7 Å². The molecule has 90 heavy (non-hydrogen) atoms. The summed E-state index contributed by atoms with van der Waals surface area (Å²) in [5.74, 6) is 0.890. The molecule has 0 amide bonds. The fourth-order valence-electron chi connectivity index (χ4n) is 10.6. The predicted molar refractivity (Wildman–Crippen MR) is 363 cm³/mol. The maximum Gasteiger partial charge on any atom is 0.472 e. The third-order valence-electron chi connectivity index (χ3n) is 17.0. The molecule has 0 aromatic rings. The van der Waals surface area contributed by atoms with Gasteiger partial charge in [-0.15, -0.1) is 0 Å². The average Bonchev–Trinajstić information content (AvgIpc) is 2.78. The summed E-state index contributed by atoms with van der Waals surface area (Å²) in [6.45, 7) is 14.1. The van der Waals surface area contributed by atoms with E-state index in [4.69, 9.17) is 37.0 Å². The van der Waals surface area contributed by atoms with Crippen molar-refractivity contribution in [3.8, 4) is 0 Å². The molecule has 0 saturated carbocycles. The van der Waals surface area contributed by atoms with Crippen LogP contribution >= 0.6 is 15.6 Å². The van der Waals surface area contributed by atoms with E-state index in [1.165, 1.54) is 148 Å². The van der Waals surface area contributed by atoms with E-state index < -0.39 is 97.5 Å². The van der Waals surface area contributed by atoms with Crippen LogP contribution < -0.4 is 0 Å². The highest BCUT2D eigenvalue weighted by Crippen LogP contribution is 2.45. The van der Waals surface area contributed by atoms with Crippen LogP contribution in [0.25, 0.3) is 0 Å². The normalized spacial score (nSPS) is 14.9. The van der Waals surface area contributed by atoms with Crippen molar-refractivity contribution >= 4 is 39.5 Å². The third-order valence-corrected chi connectivity index (χ3v) is 18.9. The molecule has 19 heteroatoms. The molecule has 0 spiro atoms. The molecule has 0 aliphatic rings. The molecule has 0 rings (SSSR count). The Bertz CT molecular complexity index is 1790. The van der Waals surface area contributed by atoms with Crippen molar-refractivity contribution in [3.63, 3.8) is 0 Å². The quantitative estimate of drug-likeness (QED) is 0.0222. The van der Waals surface area contributed by atoms with Gasteiger partial charge in [0.05, 0.1) is 26.4 Å². The largest absolute Gasteiger partial charge is 0.472 e. The summed E-state index contributed by atoms with van der Waals surface area (Å²) < 4.78 is 68.3. The van der Waals surface area contributed by atoms with Crippen molar-refractivity contribution in [1.29, 1.82) is 0 Å². The monoisotopic (exact) mass is 1320 g/mol. The van der Waals surface area contributed by atoms with Gasteiger partial charge in [0.1, 0.15) is 19.3 Å². The Morgan fingerprint density at radius 3 is 0.789 bits per heavy atom. The van der Waals surface area contributed by atoms with Gasteiger partial charge in [-0.3, -0.25) is 37.3 Å². The van der Waals surface area contributed by atoms with Gasteiger partial charge in [0.15, 0.2) is 12.2 Å².